The topological polar surface area (TPSA) is 66.0 Å². The van der Waals surface area contributed by atoms with Crippen molar-refractivity contribution in [2.45, 2.75) is 26.7 Å². The molecule has 168 valence electrons. The second-order valence-corrected chi connectivity index (χ2v) is 8.02. The van der Waals surface area contributed by atoms with E-state index in [-0.39, 0.29) is 11.8 Å². The molecule has 0 unspecified atom stereocenters. The van der Waals surface area contributed by atoms with E-state index in [0.29, 0.717) is 37.5 Å². The van der Waals surface area contributed by atoms with E-state index in [1.165, 1.54) is 4.90 Å². The number of piperazine rings is 1. The fraction of sp³-hybridized carbons (Fsp3) is 0.400. The lowest BCUT2D eigenvalue weighted by Crippen LogP contribution is -2.48. The molecule has 4 rings (SSSR count). The van der Waals surface area contributed by atoms with Crippen molar-refractivity contribution < 1.29 is 14.3 Å². The summed E-state index contributed by atoms with van der Waals surface area (Å²) < 4.78 is 5.68. The Kier molecular flexibility index (Phi) is 6.73. The summed E-state index contributed by atoms with van der Waals surface area (Å²) in [6, 6.07) is 13.4. The van der Waals surface area contributed by atoms with Crippen molar-refractivity contribution in [1.82, 2.24) is 14.8 Å². The van der Waals surface area contributed by atoms with Crippen LogP contribution in [0.1, 0.15) is 32.3 Å². The van der Waals surface area contributed by atoms with Gasteiger partial charge in [0, 0.05) is 38.9 Å². The maximum absolute atomic E-state index is 13.3. The number of carbonyl (C=O) groups excluding carboxylic acids is 2. The molecule has 2 aromatic rings. The number of hydrogen-bond acceptors (Lipinski definition) is 6. The maximum Gasteiger partial charge on any atom is 0.277 e. The molecule has 0 aliphatic carbocycles. The molecular weight excluding hydrogens is 404 g/mol. The number of benzene rings is 1. The number of carbonyl (C=O) groups is 2. The Labute approximate surface area is 189 Å². The van der Waals surface area contributed by atoms with E-state index >= 15 is 0 Å². The zero-order valence-corrected chi connectivity index (χ0v) is 18.8. The van der Waals surface area contributed by atoms with Gasteiger partial charge in [-0.1, -0.05) is 32.0 Å². The molecule has 32 heavy (non-hydrogen) atoms. The first-order valence-electron chi connectivity index (χ1n) is 11.4. The Morgan fingerprint density at radius 1 is 0.875 bits per heavy atom. The Hall–Kier alpha value is -3.35. The largest absolute Gasteiger partial charge is 0.494 e. The van der Waals surface area contributed by atoms with Gasteiger partial charge in [0.1, 0.15) is 17.3 Å². The molecule has 3 heterocycles. The van der Waals surface area contributed by atoms with E-state index in [9.17, 15) is 9.59 Å². The lowest BCUT2D eigenvalue weighted by Gasteiger charge is -2.37. The summed E-state index contributed by atoms with van der Waals surface area (Å²) >= 11 is 0. The Morgan fingerprint density at radius 2 is 1.59 bits per heavy atom. The SMILES string of the molecule is CCCOc1ccc(C2=C(N3CCN(c4ccccn4)CC3)C(=O)N(CCC)C2=O)cc1. The van der Waals surface area contributed by atoms with E-state index in [0.717, 1.165) is 43.1 Å². The van der Waals surface area contributed by atoms with Crippen LogP contribution >= 0.6 is 0 Å². The molecule has 7 heteroatoms. The van der Waals surface area contributed by atoms with E-state index in [1.54, 1.807) is 6.20 Å². The molecule has 0 saturated carbocycles. The van der Waals surface area contributed by atoms with Gasteiger partial charge in [-0.15, -0.1) is 0 Å². The first-order chi connectivity index (χ1) is 15.6. The van der Waals surface area contributed by atoms with Gasteiger partial charge in [-0.3, -0.25) is 14.5 Å². The number of anilines is 1. The number of aromatic nitrogens is 1. The van der Waals surface area contributed by atoms with Crippen LogP contribution in [0.3, 0.4) is 0 Å². The fourth-order valence-electron chi connectivity index (χ4n) is 4.18. The van der Waals surface area contributed by atoms with Gasteiger partial charge in [-0.2, -0.15) is 0 Å². The van der Waals surface area contributed by atoms with Gasteiger partial charge in [0.25, 0.3) is 11.8 Å². The number of pyridine rings is 1. The van der Waals surface area contributed by atoms with Crippen molar-refractivity contribution in [3.63, 3.8) is 0 Å². The van der Waals surface area contributed by atoms with Crippen LogP contribution in [-0.4, -0.2) is 65.9 Å². The summed E-state index contributed by atoms with van der Waals surface area (Å²) in [5, 5.41) is 0. The molecule has 0 atom stereocenters. The molecule has 7 nitrogen and oxygen atoms in total. The standard InChI is InChI=1S/C25H30N4O3/c1-3-13-29-24(30)22(19-8-10-20(11-9-19)32-18-4-2)23(25(29)31)28-16-14-27(15-17-28)21-7-5-6-12-26-21/h5-12H,3-4,13-18H2,1-2H3. The molecular formula is C25H30N4O3. The minimum Gasteiger partial charge on any atom is -0.494 e. The van der Waals surface area contributed by atoms with E-state index in [4.69, 9.17) is 4.74 Å². The van der Waals surface area contributed by atoms with Crippen LogP contribution in [0.2, 0.25) is 0 Å². The highest BCUT2D eigenvalue weighted by Crippen LogP contribution is 2.33. The maximum atomic E-state index is 13.3. The van der Waals surface area contributed by atoms with Crippen molar-refractivity contribution in [2.75, 3.05) is 44.2 Å². The smallest absolute Gasteiger partial charge is 0.277 e. The number of rotatable bonds is 8. The van der Waals surface area contributed by atoms with E-state index in [2.05, 4.69) is 21.7 Å². The van der Waals surface area contributed by atoms with E-state index < -0.39 is 0 Å². The summed E-state index contributed by atoms with van der Waals surface area (Å²) in [7, 11) is 0. The molecule has 0 radical (unpaired) electrons. The van der Waals surface area contributed by atoms with Gasteiger partial charge in [0.15, 0.2) is 0 Å². The third kappa shape index (κ3) is 4.33. The number of amides is 2. The van der Waals surface area contributed by atoms with Crippen LogP contribution in [0.4, 0.5) is 5.82 Å². The van der Waals surface area contributed by atoms with Gasteiger partial charge in [0.05, 0.1) is 12.2 Å². The van der Waals surface area contributed by atoms with Crippen LogP contribution in [0.15, 0.2) is 54.4 Å². The van der Waals surface area contributed by atoms with Crippen LogP contribution in [0.5, 0.6) is 5.75 Å². The Bertz CT molecular complexity index is 980. The number of hydrogen-bond donors (Lipinski definition) is 0. The normalized spacial score (nSPS) is 16.9. The fourth-order valence-corrected chi connectivity index (χ4v) is 4.18. The molecule has 0 bridgehead atoms. The zero-order valence-electron chi connectivity index (χ0n) is 18.8. The van der Waals surface area contributed by atoms with Gasteiger partial charge in [0.2, 0.25) is 0 Å². The molecule has 0 spiro atoms. The molecule has 2 aliphatic heterocycles. The van der Waals surface area contributed by atoms with Crippen molar-refractivity contribution in [2.24, 2.45) is 0 Å². The van der Waals surface area contributed by atoms with Gasteiger partial charge < -0.3 is 14.5 Å². The Morgan fingerprint density at radius 3 is 2.22 bits per heavy atom. The minimum absolute atomic E-state index is 0.190. The first-order valence-corrected chi connectivity index (χ1v) is 11.4. The average molecular weight is 435 g/mol. The molecule has 1 aromatic carbocycles. The Balaban J connectivity index is 1.60. The number of nitrogens with zero attached hydrogens (tertiary/aromatic N) is 4. The minimum atomic E-state index is -0.207. The second kappa shape index (κ2) is 9.85. The number of imide groups is 1. The average Bonchev–Trinajstić information content (AvgIpc) is 3.09. The lowest BCUT2D eigenvalue weighted by atomic mass is 10.0. The monoisotopic (exact) mass is 434 g/mol. The lowest BCUT2D eigenvalue weighted by molar-refractivity contribution is -0.137. The molecule has 1 fully saturated rings. The second-order valence-electron chi connectivity index (χ2n) is 8.02. The van der Waals surface area contributed by atoms with Crippen molar-refractivity contribution in [1.29, 1.82) is 0 Å². The van der Waals surface area contributed by atoms with Crippen molar-refractivity contribution in [3.8, 4) is 5.75 Å². The first kappa shape index (κ1) is 21.9. The third-order valence-electron chi connectivity index (χ3n) is 5.78. The molecule has 0 N–H and O–H groups in total. The highest BCUT2D eigenvalue weighted by molar-refractivity contribution is 6.35. The number of ether oxygens (including phenoxy) is 1. The molecule has 2 aliphatic rings. The summed E-state index contributed by atoms with van der Waals surface area (Å²) in [6.07, 6.45) is 3.45. The van der Waals surface area contributed by atoms with Crippen LogP contribution in [0.25, 0.3) is 5.57 Å². The van der Waals surface area contributed by atoms with E-state index in [1.807, 2.05) is 49.4 Å². The summed E-state index contributed by atoms with van der Waals surface area (Å²) in [5.41, 5.74) is 1.77. The highest BCUT2D eigenvalue weighted by atomic mass is 16.5. The summed E-state index contributed by atoms with van der Waals surface area (Å²) in [5.74, 6) is 1.31. The molecule has 1 aromatic heterocycles. The predicted octanol–water partition coefficient (Wildman–Crippen LogP) is 3.18. The zero-order chi connectivity index (χ0) is 22.5. The van der Waals surface area contributed by atoms with Crippen molar-refractivity contribution in [3.05, 3.63) is 59.9 Å². The quantitative estimate of drug-likeness (QED) is 0.595. The summed E-state index contributed by atoms with van der Waals surface area (Å²) in [4.78, 5) is 36.7. The highest BCUT2D eigenvalue weighted by Gasteiger charge is 2.41. The van der Waals surface area contributed by atoms with Crippen LogP contribution < -0.4 is 9.64 Å². The summed E-state index contributed by atoms with van der Waals surface area (Å²) in [6.45, 7) is 7.91. The molecule has 1 saturated heterocycles. The molecule has 2 amide bonds. The third-order valence-corrected chi connectivity index (χ3v) is 5.78. The van der Waals surface area contributed by atoms with Gasteiger partial charge in [-0.25, -0.2) is 4.98 Å². The van der Waals surface area contributed by atoms with Crippen molar-refractivity contribution >= 4 is 23.2 Å². The van der Waals surface area contributed by atoms with Crippen LogP contribution in [0, 0.1) is 0 Å². The van der Waals surface area contributed by atoms with Gasteiger partial charge >= 0.3 is 0 Å². The van der Waals surface area contributed by atoms with Crippen LogP contribution in [-0.2, 0) is 9.59 Å². The van der Waals surface area contributed by atoms with Gasteiger partial charge in [-0.05, 0) is 42.7 Å². The predicted molar refractivity (Wildman–Crippen MR) is 124 cm³/mol.